The first-order valence-electron chi connectivity index (χ1n) is 2.82. The van der Waals surface area contributed by atoms with Crippen molar-refractivity contribution in [3.05, 3.63) is 0 Å². The lowest BCUT2D eigenvalue weighted by Crippen LogP contribution is -2.09. The van der Waals surface area contributed by atoms with Gasteiger partial charge in [-0.15, -0.1) is 0 Å². The van der Waals surface area contributed by atoms with Gasteiger partial charge in [-0.25, -0.2) is 0 Å². The van der Waals surface area contributed by atoms with Crippen LogP contribution in [0.5, 0.6) is 0 Å². The maximum atomic E-state index is 8.74. The van der Waals surface area contributed by atoms with Crippen molar-refractivity contribution in [2.24, 2.45) is 0 Å². The number of hydrogen-bond acceptors (Lipinski definition) is 3. The SMILES string of the molecule is CCNCC.O=S(=O)(O)O. The van der Waals surface area contributed by atoms with Crippen LogP contribution < -0.4 is 5.32 Å². The second-order valence-corrected chi connectivity index (χ2v) is 2.30. The van der Waals surface area contributed by atoms with E-state index in [1.54, 1.807) is 0 Å². The van der Waals surface area contributed by atoms with Gasteiger partial charge in [0, 0.05) is 0 Å². The lowest BCUT2D eigenvalue weighted by Gasteiger charge is -1.86. The van der Waals surface area contributed by atoms with Gasteiger partial charge in [0.25, 0.3) is 0 Å². The Balaban J connectivity index is 0. The van der Waals surface area contributed by atoms with Crippen molar-refractivity contribution in [1.29, 1.82) is 0 Å². The molecule has 0 spiro atoms. The highest BCUT2D eigenvalue weighted by molar-refractivity contribution is 7.79. The van der Waals surface area contributed by atoms with E-state index in [1.807, 2.05) is 0 Å². The van der Waals surface area contributed by atoms with Crippen molar-refractivity contribution in [2.45, 2.75) is 13.8 Å². The fraction of sp³-hybridized carbons (Fsp3) is 1.00. The molecular formula is C4H13NO4S. The van der Waals surface area contributed by atoms with Crippen LogP contribution in [0.25, 0.3) is 0 Å². The summed E-state index contributed by atoms with van der Waals surface area (Å²) in [5.74, 6) is 0. The van der Waals surface area contributed by atoms with E-state index in [9.17, 15) is 0 Å². The van der Waals surface area contributed by atoms with Gasteiger partial charge in [-0.1, -0.05) is 13.8 Å². The zero-order valence-electron chi connectivity index (χ0n) is 6.03. The van der Waals surface area contributed by atoms with Crippen LogP contribution in [0.3, 0.4) is 0 Å². The van der Waals surface area contributed by atoms with E-state index in [1.165, 1.54) is 0 Å². The fourth-order valence-corrected chi connectivity index (χ4v) is 0.250. The average Bonchev–Trinajstić information content (AvgIpc) is 1.63. The summed E-state index contributed by atoms with van der Waals surface area (Å²) in [4.78, 5) is 0. The number of nitrogens with one attached hydrogen (secondary N) is 1. The molecule has 10 heavy (non-hydrogen) atoms. The summed E-state index contributed by atoms with van der Waals surface area (Å²) in [5.41, 5.74) is 0. The standard InChI is InChI=1S/C4H11N.H2O4S/c1-3-5-4-2;1-5(2,3)4/h5H,3-4H2,1-2H3;(H2,1,2,3,4). The summed E-state index contributed by atoms with van der Waals surface area (Å²) in [6, 6.07) is 0. The van der Waals surface area contributed by atoms with Crippen molar-refractivity contribution >= 4 is 10.4 Å². The van der Waals surface area contributed by atoms with E-state index >= 15 is 0 Å². The third kappa shape index (κ3) is 109. The van der Waals surface area contributed by atoms with Gasteiger partial charge in [0.15, 0.2) is 0 Å². The molecular weight excluding hydrogens is 158 g/mol. The lowest BCUT2D eigenvalue weighted by molar-refractivity contribution is 0.381. The van der Waals surface area contributed by atoms with Crippen molar-refractivity contribution in [2.75, 3.05) is 13.1 Å². The summed E-state index contributed by atoms with van der Waals surface area (Å²) in [7, 11) is -4.67. The molecule has 0 saturated heterocycles. The van der Waals surface area contributed by atoms with Crippen LogP contribution in [0.15, 0.2) is 0 Å². The van der Waals surface area contributed by atoms with Crippen molar-refractivity contribution in [3.8, 4) is 0 Å². The summed E-state index contributed by atoms with van der Waals surface area (Å²) in [5, 5.41) is 3.11. The zero-order chi connectivity index (χ0) is 8.62. The molecule has 0 heterocycles. The van der Waals surface area contributed by atoms with Gasteiger partial charge in [0.2, 0.25) is 0 Å². The summed E-state index contributed by atoms with van der Waals surface area (Å²) < 4.78 is 31.6. The molecule has 0 radical (unpaired) electrons. The summed E-state index contributed by atoms with van der Waals surface area (Å²) in [6.45, 7) is 6.39. The third-order valence-electron chi connectivity index (χ3n) is 0.500. The highest BCUT2D eigenvalue weighted by atomic mass is 32.3. The molecule has 0 aromatic rings. The average molecular weight is 171 g/mol. The molecule has 0 atom stereocenters. The van der Waals surface area contributed by atoms with Crippen LogP contribution in [0.2, 0.25) is 0 Å². The molecule has 6 heteroatoms. The highest BCUT2D eigenvalue weighted by Gasteiger charge is 1.84. The number of hydrogen-bond donors (Lipinski definition) is 3. The first-order chi connectivity index (χ1) is 4.41. The van der Waals surface area contributed by atoms with Crippen LogP contribution in [-0.2, 0) is 10.4 Å². The molecule has 0 aliphatic carbocycles. The minimum atomic E-state index is -4.67. The van der Waals surface area contributed by atoms with Gasteiger partial charge in [-0.2, -0.15) is 8.42 Å². The van der Waals surface area contributed by atoms with Gasteiger partial charge >= 0.3 is 10.4 Å². The molecule has 0 aliphatic heterocycles. The topological polar surface area (TPSA) is 86.6 Å². The molecule has 5 nitrogen and oxygen atoms in total. The molecule has 0 aromatic heterocycles. The Morgan fingerprint density at radius 3 is 1.40 bits per heavy atom. The predicted molar refractivity (Wildman–Crippen MR) is 38.4 cm³/mol. The molecule has 0 bridgehead atoms. The van der Waals surface area contributed by atoms with E-state index in [2.05, 4.69) is 19.2 Å². The molecule has 0 amide bonds. The van der Waals surface area contributed by atoms with E-state index in [4.69, 9.17) is 17.5 Å². The van der Waals surface area contributed by atoms with Gasteiger partial charge in [0.05, 0.1) is 0 Å². The Morgan fingerprint density at radius 1 is 1.20 bits per heavy atom. The van der Waals surface area contributed by atoms with Crippen molar-refractivity contribution in [1.82, 2.24) is 5.32 Å². The Kier molecular flexibility index (Phi) is 8.68. The normalized spacial score (nSPS) is 10.0. The van der Waals surface area contributed by atoms with Gasteiger partial charge in [0.1, 0.15) is 0 Å². The highest BCUT2D eigenvalue weighted by Crippen LogP contribution is 1.59. The van der Waals surface area contributed by atoms with Crippen molar-refractivity contribution in [3.63, 3.8) is 0 Å². The molecule has 3 N–H and O–H groups in total. The zero-order valence-corrected chi connectivity index (χ0v) is 6.85. The number of rotatable bonds is 2. The Morgan fingerprint density at radius 2 is 1.40 bits per heavy atom. The quantitative estimate of drug-likeness (QED) is 0.508. The van der Waals surface area contributed by atoms with Crippen molar-refractivity contribution < 1.29 is 17.5 Å². The smallest absolute Gasteiger partial charge is 0.317 e. The van der Waals surface area contributed by atoms with E-state index in [-0.39, 0.29) is 0 Å². The monoisotopic (exact) mass is 171 g/mol. The van der Waals surface area contributed by atoms with E-state index in [0.29, 0.717) is 0 Å². The van der Waals surface area contributed by atoms with Gasteiger partial charge in [-0.3, -0.25) is 9.11 Å². The van der Waals surface area contributed by atoms with E-state index in [0.717, 1.165) is 13.1 Å². The van der Waals surface area contributed by atoms with E-state index < -0.39 is 10.4 Å². The maximum Gasteiger partial charge on any atom is 0.394 e. The molecule has 0 aliphatic rings. The maximum absolute atomic E-state index is 8.74. The second-order valence-electron chi connectivity index (χ2n) is 1.40. The lowest BCUT2D eigenvalue weighted by atomic mass is 10.7. The molecule has 0 unspecified atom stereocenters. The van der Waals surface area contributed by atoms with Crippen LogP contribution in [0.4, 0.5) is 0 Å². The van der Waals surface area contributed by atoms with Gasteiger partial charge < -0.3 is 5.32 Å². The Bertz CT molecular complexity index is 131. The largest absolute Gasteiger partial charge is 0.394 e. The fourth-order valence-electron chi connectivity index (χ4n) is 0.250. The van der Waals surface area contributed by atoms with Crippen LogP contribution >= 0.6 is 0 Å². The second kappa shape index (κ2) is 6.94. The summed E-state index contributed by atoms with van der Waals surface area (Å²) in [6.07, 6.45) is 0. The first-order valence-corrected chi connectivity index (χ1v) is 4.22. The molecule has 0 rings (SSSR count). The molecule has 0 fully saturated rings. The van der Waals surface area contributed by atoms with Gasteiger partial charge in [-0.05, 0) is 13.1 Å². The molecule has 0 saturated carbocycles. The van der Waals surface area contributed by atoms with Crippen LogP contribution in [0, 0.1) is 0 Å². The first kappa shape index (κ1) is 12.5. The molecule has 64 valence electrons. The predicted octanol–water partition coefficient (Wildman–Crippen LogP) is -0.0370. The Hall–Kier alpha value is -0.170. The molecule has 0 aromatic carbocycles. The summed E-state index contributed by atoms with van der Waals surface area (Å²) >= 11 is 0. The Labute approximate surface area is 61.0 Å². The third-order valence-corrected chi connectivity index (χ3v) is 0.500. The van der Waals surface area contributed by atoms with Crippen LogP contribution in [0.1, 0.15) is 13.8 Å². The minimum Gasteiger partial charge on any atom is -0.317 e. The van der Waals surface area contributed by atoms with Crippen LogP contribution in [-0.4, -0.2) is 30.6 Å². The minimum absolute atomic E-state index is 1.09.